The molecule has 0 spiro atoms. The lowest BCUT2D eigenvalue weighted by molar-refractivity contribution is -0.142. The molecule has 0 atom stereocenters. The number of rotatable bonds is 4. The molecule has 0 saturated carbocycles. The predicted octanol–water partition coefficient (Wildman–Crippen LogP) is 3.20. The Kier molecular flexibility index (Phi) is 4.82. The molecule has 0 heterocycles. The third-order valence-electron chi connectivity index (χ3n) is 3.95. The van der Waals surface area contributed by atoms with E-state index in [1.807, 2.05) is 0 Å². The van der Waals surface area contributed by atoms with E-state index in [0.717, 1.165) is 0 Å². The summed E-state index contributed by atoms with van der Waals surface area (Å²) in [6.45, 7) is 7.29. The van der Waals surface area contributed by atoms with Gasteiger partial charge in [0.05, 0.1) is 5.41 Å². The van der Waals surface area contributed by atoms with Crippen molar-refractivity contribution >= 4 is 17.5 Å². The number of nitrogens with two attached hydrogens (primary N) is 1. The predicted molar refractivity (Wildman–Crippen MR) is 79.9 cm³/mol. The fourth-order valence-electron chi connectivity index (χ4n) is 1.75. The van der Waals surface area contributed by atoms with Crippen LogP contribution in [-0.2, 0) is 11.3 Å². The van der Waals surface area contributed by atoms with Gasteiger partial charge in [0.2, 0.25) is 5.91 Å². The Morgan fingerprint density at radius 1 is 1.35 bits per heavy atom. The van der Waals surface area contributed by atoms with E-state index >= 15 is 0 Å². The fourth-order valence-corrected chi connectivity index (χ4v) is 1.97. The van der Waals surface area contributed by atoms with Crippen LogP contribution in [-0.4, -0.2) is 23.4 Å². The highest BCUT2D eigenvalue weighted by Crippen LogP contribution is 2.31. The molecule has 1 amide bonds. The molecule has 0 aliphatic carbocycles. The normalized spacial score (nSPS) is 12.4. The van der Waals surface area contributed by atoms with Gasteiger partial charge in [0, 0.05) is 29.7 Å². The van der Waals surface area contributed by atoms with Crippen LogP contribution in [0, 0.1) is 11.2 Å². The maximum absolute atomic E-state index is 13.8. The van der Waals surface area contributed by atoms with Crippen LogP contribution in [0.3, 0.4) is 0 Å². The highest BCUT2D eigenvalue weighted by molar-refractivity contribution is 6.31. The van der Waals surface area contributed by atoms with Crippen molar-refractivity contribution in [2.75, 3.05) is 7.05 Å². The van der Waals surface area contributed by atoms with E-state index in [1.54, 1.807) is 40.8 Å². The lowest BCUT2D eigenvalue weighted by Crippen LogP contribution is -2.55. The van der Waals surface area contributed by atoms with Gasteiger partial charge in [-0.1, -0.05) is 17.7 Å². The first-order chi connectivity index (χ1) is 8.98. The first kappa shape index (κ1) is 16.9. The van der Waals surface area contributed by atoms with Gasteiger partial charge in [0.1, 0.15) is 5.82 Å². The summed E-state index contributed by atoms with van der Waals surface area (Å²) in [5, 5.41) is 0.314. The summed E-state index contributed by atoms with van der Waals surface area (Å²) in [4.78, 5) is 14.0. The molecule has 0 radical (unpaired) electrons. The number of hydrogen-bond donors (Lipinski definition) is 1. The summed E-state index contributed by atoms with van der Waals surface area (Å²) >= 11 is 5.98. The highest BCUT2D eigenvalue weighted by atomic mass is 35.5. The van der Waals surface area contributed by atoms with E-state index in [4.69, 9.17) is 17.3 Å². The highest BCUT2D eigenvalue weighted by Gasteiger charge is 2.42. The summed E-state index contributed by atoms with van der Waals surface area (Å²) < 4.78 is 13.8. The summed E-state index contributed by atoms with van der Waals surface area (Å²) in [6.07, 6.45) is 0. The number of carbonyl (C=O) groups excluding carboxylic acids is 1. The summed E-state index contributed by atoms with van der Waals surface area (Å²) in [7, 11) is 1.62. The van der Waals surface area contributed by atoms with Crippen LogP contribution in [0.5, 0.6) is 0 Å². The Labute approximate surface area is 124 Å². The largest absolute Gasteiger partial charge is 0.341 e. The number of hydrogen-bond acceptors (Lipinski definition) is 2. The molecule has 1 aromatic rings. The third-order valence-corrected chi connectivity index (χ3v) is 4.30. The van der Waals surface area contributed by atoms with E-state index < -0.39 is 16.8 Å². The molecule has 0 aliphatic heterocycles. The van der Waals surface area contributed by atoms with E-state index in [0.29, 0.717) is 10.6 Å². The zero-order valence-corrected chi connectivity index (χ0v) is 13.4. The second kappa shape index (κ2) is 5.70. The number of carbonyl (C=O) groups is 1. The molecule has 0 fully saturated rings. The maximum Gasteiger partial charge on any atom is 0.230 e. The van der Waals surface area contributed by atoms with Crippen molar-refractivity contribution in [2.45, 2.75) is 39.8 Å². The molecule has 0 aliphatic rings. The molecule has 1 rings (SSSR count). The first-order valence-electron chi connectivity index (χ1n) is 6.46. The van der Waals surface area contributed by atoms with Crippen molar-refractivity contribution in [3.05, 3.63) is 34.6 Å². The minimum Gasteiger partial charge on any atom is -0.341 e. The van der Waals surface area contributed by atoms with E-state index in [2.05, 4.69) is 0 Å². The van der Waals surface area contributed by atoms with E-state index in [9.17, 15) is 9.18 Å². The molecule has 3 nitrogen and oxygen atoms in total. The van der Waals surface area contributed by atoms with Crippen LogP contribution < -0.4 is 5.73 Å². The quantitative estimate of drug-likeness (QED) is 0.928. The smallest absolute Gasteiger partial charge is 0.230 e. The van der Waals surface area contributed by atoms with Crippen molar-refractivity contribution in [3.63, 3.8) is 0 Å². The molecule has 5 heteroatoms. The molecule has 0 saturated heterocycles. The van der Waals surface area contributed by atoms with Crippen LogP contribution in [0.4, 0.5) is 4.39 Å². The van der Waals surface area contributed by atoms with Crippen LogP contribution in [0.2, 0.25) is 5.02 Å². The lowest BCUT2D eigenvalue weighted by atomic mass is 9.74. The first-order valence-corrected chi connectivity index (χ1v) is 6.83. The molecule has 0 aromatic heterocycles. The van der Waals surface area contributed by atoms with Crippen LogP contribution >= 0.6 is 11.6 Å². The second-order valence-electron chi connectivity index (χ2n) is 6.21. The lowest BCUT2D eigenvalue weighted by Gasteiger charge is -2.39. The van der Waals surface area contributed by atoms with E-state index in [-0.39, 0.29) is 12.5 Å². The molecule has 0 bridgehead atoms. The van der Waals surface area contributed by atoms with Crippen LogP contribution in [0.25, 0.3) is 0 Å². The SMILES string of the molecule is CN(Cc1c(F)cccc1Cl)C(=O)C(C)(C)C(C)(C)N. The van der Waals surface area contributed by atoms with Gasteiger partial charge in [-0.05, 0) is 39.8 Å². The summed E-state index contributed by atoms with van der Waals surface area (Å²) in [5.41, 5.74) is 4.93. The number of amides is 1. The van der Waals surface area contributed by atoms with Crippen molar-refractivity contribution in [3.8, 4) is 0 Å². The number of benzene rings is 1. The van der Waals surface area contributed by atoms with Gasteiger partial charge in [-0.15, -0.1) is 0 Å². The molecular weight excluding hydrogens is 279 g/mol. The number of halogens is 2. The van der Waals surface area contributed by atoms with E-state index in [1.165, 1.54) is 17.0 Å². The van der Waals surface area contributed by atoms with Crippen molar-refractivity contribution in [1.29, 1.82) is 0 Å². The Hall–Kier alpha value is -1.13. The standard InChI is InChI=1S/C15H22ClFN2O/c1-14(2,15(3,4)18)13(20)19(5)9-10-11(16)7-6-8-12(10)17/h6-8H,9,18H2,1-5H3. The fraction of sp³-hybridized carbons (Fsp3) is 0.533. The molecule has 1 aromatic carbocycles. The van der Waals surface area contributed by atoms with Gasteiger partial charge in [-0.2, -0.15) is 0 Å². The average molecular weight is 301 g/mol. The molecule has 0 unspecified atom stereocenters. The molecule has 2 N–H and O–H groups in total. The van der Waals surface area contributed by atoms with Gasteiger partial charge in [-0.25, -0.2) is 4.39 Å². The second-order valence-corrected chi connectivity index (χ2v) is 6.62. The Bertz CT molecular complexity index is 489. The Morgan fingerprint density at radius 2 is 1.90 bits per heavy atom. The Morgan fingerprint density at radius 3 is 2.35 bits per heavy atom. The topological polar surface area (TPSA) is 46.3 Å². The van der Waals surface area contributed by atoms with Crippen molar-refractivity contribution < 1.29 is 9.18 Å². The molecule has 20 heavy (non-hydrogen) atoms. The van der Waals surface area contributed by atoms with Crippen LogP contribution in [0.1, 0.15) is 33.3 Å². The monoisotopic (exact) mass is 300 g/mol. The molecular formula is C15H22ClFN2O. The van der Waals surface area contributed by atoms with Gasteiger partial charge < -0.3 is 10.6 Å². The zero-order valence-electron chi connectivity index (χ0n) is 12.6. The minimum absolute atomic E-state index is 0.115. The van der Waals surface area contributed by atoms with Crippen LogP contribution in [0.15, 0.2) is 18.2 Å². The van der Waals surface area contributed by atoms with Crippen molar-refractivity contribution in [1.82, 2.24) is 4.90 Å². The van der Waals surface area contributed by atoms with Crippen molar-refractivity contribution in [2.24, 2.45) is 11.1 Å². The molecule has 112 valence electrons. The summed E-state index contributed by atoms with van der Waals surface area (Å²) in [6, 6.07) is 4.48. The van der Waals surface area contributed by atoms with Gasteiger partial charge in [0.15, 0.2) is 0 Å². The zero-order chi connectivity index (χ0) is 15.7. The van der Waals surface area contributed by atoms with Gasteiger partial charge in [0.25, 0.3) is 0 Å². The third kappa shape index (κ3) is 3.30. The Balaban J connectivity index is 2.98. The number of nitrogens with zero attached hydrogens (tertiary/aromatic N) is 1. The van der Waals surface area contributed by atoms with Gasteiger partial charge >= 0.3 is 0 Å². The summed E-state index contributed by atoms with van der Waals surface area (Å²) in [5.74, 6) is -0.564. The average Bonchev–Trinajstić information content (AvgIpc) is 2.31. The maximum atomic E-state index is 13.8. The van der Waals surface area contributed by atoms with Gasteiger partial charge in [-0.3, -0.25) is 4.79 Å². The minimum atomic E-state index is -0.764.